The van der Waals surface area contributed by atoms with Crippen molar-refractivity contribution < 1.29 is 9.84 Å². The van der Waals surface area contributed by atoms with Crippen molar-refractivity contribution in [3.05, 3.63) is 28.7 Å². The molecule has 1 aromatic heterocycles. The molecule has 0 saturated carbocycles. The number of aromatic nitrogens is 2. The predicted octanol–water partition coefficient (Wildman–Crippen LogP) is 1.90. The van der Waals surface area contributed by atoms with E-state index in [1.165, 1.54) is 0 Å². The molecule has 0 spiro atoms. The molecule has 1 aromatic carbocycles. The van der Waals surface area contributed by atoms with Crippen LogP contribution in [-0.2, 0) is 6.54 Å². The standard InChI is InChI=1S/C12H14BrN3O2/c1-18-8-2-3-10(13)9(6-8)11-7-12(14)16(15-11)4-5-17/h2-3,6-7,17H,4-5,14H2,1H3. The average molecular weight is 312 g/mol. The van der Waals surface area contributed by atoms with Gasteiger partial charge in [0.25, 0.3) is 0 Å². The molecule has 2 rings (SSSR count). The van der Waals surface area contributed by atoms with Crippen LogP contribution in [0.2, 0.25) is 0 Å². The van der Waals surface area contributed by atoms with Crippen molar-refractivity contribution in [2.45, 2.75) is 6.54 Å². The Morgan fingerprint density at radius 2 is 2.22 bits per heavy atom. The molecule has 0 aliphatic heterocycles. The number of halogens is 1. The molecule has 0 unspecified atom stereocenters. The van der Waals surface area contributed by atoms with Crippen LogP contribution in [0, 0.1) is 0 Å². The van der Waals surface area contributed by atoms with Gasteiger partial charge in [0.1, 0.15) is 11.6 Å². The lowest BCUT2D eigenvalue weighted by molar-refractivity contribution is 0.270. The number of methoxy groups -OCH3 is 1. The van der Waals surface area contributed by atoms with Gasteiger partial charge in [-0.15, -0.1) is 0 Å². The van der Waals surface area contributed by atoms with Gasteiger partial charge in [0.05, 0.1) is 26.0 Å². The Hall–Kier alpha value is -1.53. The SMILES string of the molecule is COc1ccc(Br)c(-c2cc(N)n(CCO)n2)c1. The second kappa shape index (κ2) is 5.41. The molecule has 0 fully saturated rings. The normalized spacial score (nSPS) is 10.6. The van der Waals surface area contributed by atoms with Gasteiger partial charge in [0.15, 0.2) is 0 Å². The minimum atomic E-state index is 0.00456. The Labute approximate surface area is 113 Å². The fourth-order valence-corrected chi connectivity index (χ4v) is 2.11. The summed E-state index contributed by atoms with van der Waals surface area (Å²) in [4.78, 5) is 0. The lowest BCUT2D eigenvalue weighted by atomic mass is 10.1. The summed E-state index contributed by atoms with van der Waals surface area (Å²) in [5.41, 5.74) is 7.47. The summed E-state index contributed by atoms with van der Waals surface area (Å²) >= 11 is 3.47. The van der Waals surface area contributed by atoms with Gasteiger partial charge in [0.2, 0.25) is 0 Å². The molecule has 3 N–H and O–H groups in total. The van der Waals surface area contributed by atoms with Crippen LogP contribution in [0.15, 0.2) is 28.7 Å². The van der Waals surface area contributed by atoms with E-state index < -0.39 is 0 Å². The first-order valence-corrected chi connectivity index (χ1v) is 6.23. The molecule has 0 bridgehead atoms. The highest BCUT2D eigenvalue weighted by atomic mass is 79.9. The number of rotatable bonds is 4. The van der Waals surface area contributed by atoms with E-state index in [4.69, 9.17) is 15.6 Å². The van der Waals surface area contributed by atoms with Crippen molar-refractivity contribution in [3.8, 4) is 17.0 Å². The first kappa shape index (κ1) is 12.9. The van der Waals surface area contributed by atoms with Crippen molar-refractivity contribution in [2.24, 2.45) is 0 Å². The summed E-state index contributed by atoms with van der Waals surface area (Å²) in [6.07, 6.45) is 0. The highest BCUT2D eigenvalue weighted by molar-refractivity contribution is 9.10. The van der Waals surface area contributed by atoms with Crippen molar-refractivity contribution in [1.29, 1.82) is 0 Å². The predicted molar refractivity (Wildman–Crippen MR) is 73.4 cm³/mol. The van der Waals surface area contributed by atoms with Crippen LogP contribution in [0.4, 0.5) is 5.82 Å². The molecule has 0 aliphatic rings. The Morgan fingerprint density at radius 3 is 2.89 bits per heavy atom. The van der Waals surface area contributed by atoms with Crippen LogP contribution in [0.3, 0.4) is 0 Å². The van der Waals surface area contributed by atoms with E-state index in [0.717, 1.165) is 21.5 Å². The zero-order chi connectivity index (χ0) is 13.1. The van der Waals surface area contributed by atoms with E-state index in [1.54, 1.807) is 17.9 Å². The number of benzene rings is 1. The van der Waals surface area contributed by atoms with Gasteiger partial charge in [-0.2, -0.15) is 5.10 Å². The summed E-state index contributed by atoms with van der Waals surface area (Å²) in [5, 5.41) is 13.3. The third-order valence-corrected chi connectivity index (χ3v) is 3.26. The first-order valence-electron chi connectivity index (χ1n) is 5.44. The van der Waals surface area contributed by atoms with E-state index in [0.29, 0.717) is 12.4 Å². The third kappa shape index (κ3) is 2.49. The summed E-state index contributed by atoms with van der Waals surface area (Å²) < 4.78 is 7.67. The molecule has 0 radical (unpaired) electrons. The van der Waals surface area contributed by atoms with Crippen molar-refractivity contribution in [3.63, 3.8) is 0 Å². The third-order valence-electron chi connectivity index (χ3n) is 2.57. The number of nitrogens with zero attached hydrogens (tertiary/aromatic N) is 2. The zero-order valence-corrected chi connectivity index (χ0v) is 11.5. The Morgan fingerprint density at radius 1 is 1.44 bits per heavy atom. The molecule has 0 atom stereocenters. The van der Waals surface area contributed by atoms with Gasteiger partial charge in [-0.1, -0.05) is 15.9 Å². The fourth-order valence-electron chi connectivity index (χ4n) is 1.66. The maximum absolute atomic E-state index is 8.92. The van der Waals surface area contributed by atoms with Crippen LogP contribution in [0.5, 0.6) is 5.75 Å². The van der Waals surface area contributed by atoms with E-state index in [-0.39, 0.29) is 6.61 Å². The van der Waals surface area contributed by atoms with Crippen LogP contribution in [0.1, 0.15) is 0 Å². The topological polar surface area (TPSA) is 73.3 Å². The van der Waals surface area contributed by atoms with Crippen LogP contribution < -0.4 is 10.5 Å². The summed E-state index contributed by atoms with van der Waals surface area (Å²) in [5.74, 6) is 1.28. The van der Waals surface area contributed by atoms with Gasteiger partial charge in [-0.3, -0.25) is 0 Å². The summed E-state index contributed by atoms with van der Waals surface area (Å²) in [6, 6.07) is 7.42. The second-order valence-electron chi connectivity index (χ2n) is 3.75. The minimum absolute atomic E-state index is 0.00456. The van der Waals surface area contributed by atoms with Gasteiger partial charge in [-0.25, -0.2) is 4.68 Å². The molecule has 18 heavy (non-hydrogen) atoms. The number of anilines is 1. The molecular weight excluding hydrogens is 298 g/mol. The lowest BCUT2D eigenvalue weighted by Gasteiger charge is -2.04. The molecule has 0 saturated heterocycles. The number of nitrogen functional groups attached to an aromatic ring is 1. The van der Waals surface area contributed by atoms with E-state index in [1.807, 2.05) is 18.2 Å². The number of ether oxygens (including phenoxy) is 1. The van der Waals surface area contributed by atoms with E-state index >= 15 is 0 Å². The van der Waals surface area contributed by atoms with Crippen LogP contribution in [0.25, 0.3) is 11.3 Å². The molecule has 2 aromatic rings. The average Bonchev–Trinajstić information content (AvgIpc) is 2.72. The maximum Gasteiger partial charge on any atom is 0.122 e. The smallest absolute Gasteiger partial charge is 0.122 e. The molecule has 0 amide bonds. The number of aliphatic hydroxyl groups excluding tert-OH is 1. The summed E-state index contributed by atoms with van der Waals surface area (Å²) in [7, 11) is 1.62. The molecule has 5 nitrogen and oxygen atoms in total. The molecular formula is C12H14BrN3O2. The van der Waals surface area contributed by atoms with Gasteiger partial charge in [-0.05, 0) is 18.2 Å². The summed E-state index contributed by atoms with van der Waals surface area (Å²) in [6.45, 7) is 0.387. The quantitative estimate of drug-likeness (QED) is 0.904. The minimum Gasteiger partial charge on any atom is -0.497 e. The van der Waals surface area contributed by atoms with Crippen molar-refractivity contribution in [2.75, 3.05) is 19.5 Å². The highest BCUT2D eigenvalue weighted by Gasteiger charge is 2.11. The van der Waals surface area contributed by atoms with Crippen LogP contribution >= 0.6 is 15.9 Å². The highest BCUT2D eigenvalue weighted by Crippen LogP contribution is 2.31. The van der Waals surface area contributed by atoms with Gasteiger partial charge >= 0.3 is 0 Å². The Kier molecular flexibility index (Phi) is 3.88. The fraction of sp³-hybridized carbons (Fsp3) is 0.250. The van der Waals surface area contributed by atoms with Crippen LogP contribution in [-0.4, -0.2) is 28.6 Å². The maximum atomic E-state index is 8.92. The van der Waals surface area contributed by atoms with E-state index in [9.17, 15) is 0 Å². The number of hydrogen-bond donors (Lipinski definition) is 2. The lowest BCUT2D eigenvalue weighted by Crippen LogP contribution is -2.07. The number of nitrogens with two attached hydrogens (primary N) is 1. The molecule has 0 aliphatic carbocycles. The molecule has 1 heterocycles. The van der Waals surface area contributed by atoms with Gasteiger partial charge in [0, 0.05) is 16.1 Å². The first-order chi connectivity index (χ1) is 8.65. The van der Waals surface area contributed by atoms with Crippen molar-refractivity contribution in [1.82, 2.24) is 9.78 Å². The second-order valence-corrected chi connectivity index (χ2v) is 4.60. The molecule has 6 heteroatoms. The zero-order valence-electron chi connectivity index (χ0n) is 9.93. The number of aliphatic hydroxyl groups is 1. The molecule has 96 valence electrons. The van der Waals surface area contributed by atoms with Crippen molar-refractivity contribution >= 4 is 21.7 Å². The largest absolute Gasteiger partial charge is 0.497 e. The van der Waals surface area contributed by atoms with E-state index in [2.05, 4.69) is 21.0 Å². The Balaban J connectivity index is 2.44. The van der Waals surface area contributed by atoms with Gasteiger partial charge < -0.3 is 15.6 Å². The monoisotopic (exact) mass is 311 g/mol. The Bertz CT molecular complexity index is 554. The number of hydrogen-bond acceptors (Lipinski definition) is 4.